The van der Waals surface area contributed by atoms with E-state index in [9.17, 15) is 18.5 Å². The molecule has 140 valence electrons. The van der Waals surface area contributed by atoms with Crippen LogP contribution in [0.4, 0.5) is 10.8 Å². The van der Waals surface area contributed by atoms with Gasteiger partial charge in [0.15, 0.2) is 4.34 Å². The van der Waals surface area contributed by atoms with Crippen LogP contribution in [-0.4, -0.2) is 23.5 Å². The summed E-state index contributed by atoms with van der Waals surface area (Å²) < 4.78 is 27.9. The average Bonchev–Trinajstić information content (AvgIpc) is 3.07. The number of nitrogens with one attached hydrogen (secondary N) is 1. The van der Waals surface area contributed by atoms with Crippen LogP contribution in [0.2, 0.25) is 0 Å². The Bertz CT molecular complexity index is 1070. The second kappa shape index (κ2) is 8.03. The van der Waals surface area contributed by atoms with Gasteiger partial charge in [-0.1, -0.05) is 59.5 Å². The van der Waals surface area contributed by atoms with Gasteiger partial charge in [0.05, 0.1) is 9.82 Å². The van der Waals surface area contributed by atoms with E-state index >= 15 is 0 Å². The molecule has 11 heteroatoms. The summed E-state index contributed by atoms with van der Waals surface area (Å²) in [6, 6.07) is 13.5. The number of rotatable bonds is 7. The number of anilines is 1. The molecule has 0 unspecified atom stereocenters. The fourth-order valence-corrected chi connectivity index (χ4v) is 5.11. The van der Waals surface area contributed by atoms with Gasteiger partial charge in [0, 0.05) is 17.4 Å². The Balaban J connectivity index is 1.72. The van der Waals surface area contributed by atoms with E-state index in [-0.39, 0.29) is 15.7 Å². The number of aromatic nitrogens is 2. The van der Waals surface area contributed by atoms with Crippen molar-refractivity contribution < 1.29 is 13.3 Å². The Morgan fingerprint density at radius 3 is 2.63 bits per heavy atom. The lowest BCUT2D eigenvalue weighted by atomic mass is 10.2. The second-order valence-electron chi connectivity index (χ2n) is 5.46. The van der Waals surface area contributed by atoms with E-state index in [1.54, 1.807) is 6.92 Å². The lowest BCUT2D eigenvalue weighted by Gasteiger charge is -2.05. The van der Waals surface area contributed by atoms with Crippen molar-refractivity contribution >= 4 is 43.9 Å². The zero-order valence-electron chi connectivity index (χ0n) is 14.0. The topological polar surface area (TPSA) is 115 Å². The first-order valence-electron chi connectivity index (χ1n) is 7.63. The molecule has 0 spiro atoms. The van der Waals surface area contributed by atoms with Crippen molar-refractivity contribution in [1.82, 2.24) is 10.2 Å². The number of hydrogen-bond acceptors (Lipinski definition) is 8. The molecule has 1 aromatic heterocycles. The molecule has 0 aliphatic rings. The van der Waals surface area contributed by atoms with Gasteiger partial charge >= 0.3 is 0 Å². The van der Waals surface area contributed by atoms with Crippen LogP contribution in [0.3, 0.4) is 0 Å². The summed E-state index contributed by atoms with van der Waals surface area (Å²) in [7, 11) is -4.00. The number of hydrogen-bond donors (Lipinski definition) is 1. The van der Waals surface area contributed by atoms with Crippen LogP contribution in [0.5, 0.6) is 0 Å². The fraction of sp³-hybridized carbons (Fsp3) is 0.125. The molecule has 27 heavy (non-hydrogen) atoms. The summed E-state index contributed by atoms with van der Waals surface area (Å²) in [4.78, 5) is 10.2. The van der Waals surface area contributed by atoms with Gasteiger partial charge in [-0.15, -0.1) is 10.2 Å². The van der Waals surface area contributed by atoms with Crippen molar-refractivity contribution in [1.29, 1.82) is 0 Å². The van der Waals surface area contributed by atoms with Gasteiger partial charge < -0.3 is 0 Å². The smallest absolute Gasteiger partial charge is 0.258 e. The zero-order valence-corrected chi connectivity index (χ0v) is 16.5. The lowest BCUT2D eigenvalue weighted by molar-refractivity contribution is -0.385. The third-order valence-corrected chi connectivity index (χ3v) is 7.03. The highest BCUT2D eigenvalue weighted by atomic mass is 32.2. The molecule has 0 aliphatic heterocycles. The largest absolute Gasteiger partial charge is 0.273 e. The quantitative estimate of drug-likeness (QED) is 0.349. The predicted octanol–water partition coefficient (Wildman–Crippen LogP) is 3.85. The maximum atomic E-state index is 12.5. The molecule has 0 bridgehead atoms. The van der Waals surface area contributed by atoms with Gasteiger partial charge in [-0.3, -0.25) is 14.8 Å². The van der Waals surface area contributed by atoms with Crippen molar-refractivity contribution in [2.75, 3.05) is 4.72 Å². The van der Waals surface area contributed by atoms with Crippen LogP contribution in [0.25, 0.3) is 0 Å². The van der Waals surface area contributed by atoms with Crippen molar-refractivity contribution in [2.45, 2.75) is 21.9 Å². The Morgan fingerprint density at radius 2 is 1.93 bits per heavy atom. The maximum Gasteiger partial charge on any atom is 0.273 e. The normalized spacial score (nSPS) is 11.3. The van der Waals surface area contributed by atoms with Crippen LogP contribution in [0.1, 0.15) is 11.1 Å². The average molecular weight is 423 g/mol. The molecule has 0 amide bonds. The predicted molar refractivity (Wildman–Crippen MR) is 105 cm³/mol. The first-order valence-corrected chi connectivity index (χ1v) is 10.9. The number of nitro benzene ring substituents is 1. The number of sulfonamides is 1. The van der Waals surface area contributed by atoms with Crippen molar-refractivity contribution in [3.8, 4) is 0 Å². The summed E-state index contributed by atoms with van der Waals surface area (Å²) in [6.45, 7) is 1.54. The van der Waals surface area contributed by atoms with E-state index in [0.717, 1.165) is 23.0 Å². The van der Waals surface area contributed by atoms with E-state index in [0.29, 0.717) is 15.7 Å². The maximum absolute atomic E-state index is 12.5. The van der Waals surface area contributed by atoms with Gasteiger partial charge in [-0.05, 0) is 18.6 Å². The standard InChI is InChI=1S/C16H14N4O4S3/c1-11-7-8-13(9-14(11)20(21)22)27(23,24)19-15-17-18-16(26-15)25-10-12-5-3-2-4-6-12/h2-9H,10H2,1H3,(H,17,19). The van der Waals surface area contributed by atoms with Crippen LogP contribution in [0.15, 0.2) is 57.8 Å². The monoisotopic (exact) mass is 422 g/mol. The molecule has 0 atom stereocenters. The molecule has 1 heterocycles. The van der Waals surface area contributed by atoms with Crippen LogP contribution in [-0.2, 0) is 15.8 Å². The third kappa shape index (κ3) is 4.81. The summed E-state index contributed by atoms with van der Waals surface area (Å²) in [5.74, 6) is 0.687. The first kappa shape index (κ1) is 19.3. The van der Waals surface area contributed by atoms with Gasteiger partial charge in [0.1, 0.15) is 0 Å². The molecule has 3 rings (SSSR count). The molecular weight excluding hydrogens is 408 g/mol. The van der Waals surface area contributed by atoms with E-state index < -0.39 is 14.9 Å². The lowest BCUT2D eigenvalue weighted by Crippen LogP contribution is -2.13. The Hall–Kier alpha value is -2.50. The van der Waals surface area contributed by atoms with E-state index in [2.05, 4.69) is 14.9 Å². The van der Waals surface area contributed by atoms with E-state index in [4.69, 9.17) is 0 Å². The van der Waals surface area contributed by atoms with Gasteiger partial charge in [0.25, 0.3) is 15.7 Å². The first-order chi connectivity index (χ1) is 12.8. The summed E-state index contributed by atoms with van der Waals surface area (Å²) in [6.07, 6.45) is 0. The number of nitro groups is 1. The molecular formula is C16H14N4O4S3. The minimum Gasteiger partial charge on any atom is -0.258 e. The molecule has 0 saturated carbocycles. The van der Waals surface area contributed by atoms with Gasteiger partial charge in [-0.2, -0.15) is 0 Å². The molecule has 3 aromatic rings. The van der Waals surface area contributed by atoms with Crippen molar-refractivity contribution in [2.24, 2.45) is 0 Å². The molecule has 0 fully saturated rings. The Morgan fingerprint density at radius 1 is 1.19 bits per heavy atom. The van der Waals surface area contributed by atoms with Gasteiger partial charge in [0.2, 0.25) is 5.13 Å². The van der Waals surface area contributed by atoms with Crippen LogP contribution < -0.4 is 4.72 Å². The third-order valence-electron chi connectivity index (χ3n) is 3.52. The summed E-state index contributed by atoms with van der Waals surface area (Å²) >= 11 is 2.55. The van der Waals surface area contributed by atoms with Crippen molar-refractivity contribution in [3.05, 3.63) is 69.8 Å². The van der Waals surface area contributed by atoms with Crippen molar-refractivity contribution in [3.63, 3.8) is 0 Å². The minimum absolute atomic E-state index is 0.105. The minimum atomic E-state index is -4.00. The number of nitrogens with zero attached hydrogens (tertiary/aromatic N) is 3. The van der Waals surface area contributed by atoms with E-state index in [1.165, 1.54) is 23.9 Å². The molecule has 0 radical (unpaired) electrons. The van der Waals surface area contributed by atoms with Gasteiger partial charge in [-0.25, -0.2) is 8.42 Å². The Labute approximate surface area is 163 Å². The van der Waals surface area contributed by atoms with Crippen LogP contribution >= 0.6 is 23.1 Å². The highest BCUT2D eigenvalue weighted by Crippen LogP contribution is 2.30. The highest BCUT2D eigenvalue weighted by Gasteiger charge is 2.21. The Kier molecular flexibility index (Phi) is 5.73. The molecule has 2 aromatic carbocycles. The molecule has 8 nitrogen and oxygen atoms in total. The van der Waals surface area contributed by atoms with Crippen LogP contribution in [0, 0.1) is 17.0 Å². The summed E-state index contributed by atoms with van der Waals surface area (Å²) in [5.41, 5.74) is 1.25. The molecule has 0 aliphatic carbocycles. The molecule has 0 saturated heterocycles. The fourth-order valence-electron chi connectivity index (χ4n) is 2.16. The van der Waals surface area contributed by atoms with E-state index in [1.807, 2.05) is 30.3 Å². The highest BCUT2D eigenvalue weighted by molar-refractivity contribution is 8.00. The second-order valence-corrected chi connectivity index (χ2v) is 9.34. The SMILES string of the molecule is Cc1ccc(S(=O)(=O)Nc2nnc(SCc3ccccc3)s2)cc1[N+](=O)[O-]. The molecule has 1 N–H and O–H groups in total. The zero-order chi connectivity index (χ0) is 19.4. The summed E-state index contributed by atoms with van der Waals surface area (Å²) in [5, 5.41) is 18.9. The number of thioether (sulfide) groups is 1. The number of benzene rings is 2. The number of aryl methyl sites for hydroxylation is 1.